The normalized spacial score (nSPS) is 17.5. The molecule has 0 saturated heterocycles. The minimum absolute atomic E-state index is 0.0382. The Hall–Kier alpha value is -2.36. The van der Waals surface area contributed by atoms with Crippen LogP contribution in [0.1, 0.15) is 34.0 Å². The first-order valence-electron chi connectivity index (χ1n) is 6.33. The van der Waals surface area contributed by atoms with E-state index in [0.29, 0.717) is 16.9 Å². The maximum absolute atomic E-state index is 13.3. The minimum atomic E-state index is -0.570. The Morgan fingerprint density at radius 3 is 2.80 bits per heavy atom. The van der Waals surface area contributed by atoms with Crippen LogP contribution in [0.25, 0.3) is 0 Å². The highest BCUT2D eigenvalue weighted by molar-refractivity contribution is 6.00. The third-order valence-corrected chi connectivity index (χ3v) is 3.35. The van der Waals surface area contributed by atoms with Crippen molar-refractivity contribution in [3.8, 4) is 11.5 Å². The molecule has 102 valence electrons. The van der Waals surface area contributed by atoms with Crippen LogP contribution >= 0.6 is 0 Å². The van der Waals surface area contributed by atoms with E-state index in [9.17, 15) is 14.3 Å². The van der Waals surface area contributed by atoms with Crippen molar-refractivity contribution in [3.63, 3.8) is 0 Å². The van der Waals surface area contributed by atoms with E-state index >= 15 is 0 Å². The highest BCUT2D eigenvalue weighted by atomic mass is 19.1. The fourth-order valence-electron chi connectivity index (χ4n) is 2.41. The molecule has 0 aliphatic carbocycles. The lowest BCUT2D eigenvalue weighted by Gasteiger charge is -2.25. The number of aryl methyl sites for hydroxylation is 1. The van der Waals surface area contributed by atoms with E-state index in [1.807, 2.05) is 13.0 Å². The van der Waals surface area contributed by atoms with Gasteiger partial charge in [-0.15, -0.1) is 0 Å². The quantitative estimate of drug-likeness (QED) is 0.863. The molecule has 3 nitrogen and oxygen atoms in total. The minimum Gasteiger partial charge on any atom is -0.508 e. The van der Waals surface area contributed by atoms with Crippen LogP contribution in [0, 0.1) is 12.7 Å². The number of rotatable bonds is 1. The van der Waals surface area contributed by atoms with Crippen molar-refractivity contribution in [1.82, 2.24) is 0 Å². The van der Waals surface area contributed by atoms with Crippen LogP contribution in [0.2, 0.25) is 0 Å². The molecular weight excluding hydrogens is 259 g/mol. The van der Waals surface area contributed by atoms with Crippen LogP contribution in [0.5, 0.6) is 11.5 Å². The third-order valence-electron chi connectivity index (χ3n) is 3.35. The van der Waals surface area contributed by atoms with E-state index < -0.39 is 11.9 Å². The molecule has 0 saturated carbocycles. The second-order valence-electron chi connectivity index (χ2n) is 4.98. The summed E-state index contributed by atoms with van der Waals surface area (Å²) in [5.41, 5.74) is 2.01. The number of ketones is 1. The maximum atomic E-state index is 13.3. The molecule has 2 aromatic carbocycles. The zero-order valence-electron chi connectivity index (χ0n) is 10.9. The SMILES string of the molecule is Cc1ccc2c(c1)C(=O)CC(c1cc(O)cc(F)c1)O2. The lowest BCUT2D eigenvalue weighted by Crippen LogP contribution is -2.20. The Labute approximate surface area is 115 Å². The molecule has 4 heteroatoms. The molecule has 0 aromatic heterocycles. The number of Topliss-reactive ketones (excluding diaryl/α,β-unsaturated/α-hetero) is 1. The molecule has 3 rings (SSSR count). The number of carbonyl (C=O) groups is 1. The molecule has 0 radical (unpaired) electrons. The summed E-state index contributed by atoms with van der Waals surface area (Å²) >= 11 is 0. The third kappa shape index (κ3) is 2.25. The molecule has 1 N–H and O–H groups in total. The topological polar surface area (TPSA) is 46.5 Å². The molecule has 1 atom stereocenters. The van der Waals surface area contributed by atoms with Crippen LogP contribution in [-0.2, 0) is 0 Å². The van der Waals surface area contributed by atoms with Gasteiger partial charge in [0.2, 0.25) is 0 Å². The summed E-state index contributed by atoms with van der Waals surface area (Å²) in [5, 5.41) is 9.44. The number of carbonyl (C=O) groups excluding carboxylic acids is 1. The highest BCUT2D eigenvalue weighted by Crippen LogP contribution is 2.36. The monoisotopic (exact) mass is 272 g/mol. The van der Waals surface area contributed by atoms with Gasteiger partial charge in [-0.2, -0.15) is 0 Å². The molecule has 20 heavy (non-hydrogen) atoms. The Morgan fingerprint density at radius 2 is 2.05 bits per heavy atom. The molecule has 0 spiro atoms. The van der Waals surface area contributed by atoms with E-state index in [1.54, 1.807) is 12.1 Å². The van der Waals surface area contributed by atoms with Crippen molar-refractivity contribution in [2.24, 2.45) is 0 Å². The number of ether oxygens (including phenoxy) is 1. The molecule has 1 heterocycles. The summed E-state index contributed by atoms with van der Waals surface area (Å²) in [5.74, 6) is -0.263. The second kappa shape index (κ2) is 4.63. The summed E-state index contributed by atoms with van der Waals surface area (Å²) < 4.78 is 19.1. The lowest BCUT2D eigenvalue weighted by atomic mass is 9.95. The Balaban J connectivity index is 1.99. The number of fused-ring (bicyclic) bond motifs is 1. The van der Waals surface area contributed by atoms with Crippen LogP contribution in [0.4, 0.5) is 4.39 Å². The number of aromatic hydroxyl groups is 1. The molecule has 0 bridgehead atoms. The van der Waals surface area contributed by atoms with E-state index in [1.165, 1.54) is 12.1 Å². The first-order valence-corrected chi connectivity index (χ1v) is 6.33. The van der Waals surface area contributed by atoms with E-state index in [2.05, 4.69) is 0 Å². The second-order valence-corrected chi connectivity index (χ2v) is 4.98. The van der Waals surface area contributed by atoms with Crippen LogP contribution < -0.4 is 4.74 Å². The summed E-state index contributed by atoms with van der Waals surface area (Å²) in [7, 11) is 0. The lowest BCUT2D eigenvalue weighted by molar-refractivity contribution is 0.0849. The van der Waals surface area contributed by atoms with E-state index in [4.69, 9.17) is 4.74 Å². The van der Waals surface area contributed by atoms with Crippen LogP contribution in [-0.4, -0.2) is 10.9 Å². The van der Waals surface area contributed by atoms with Gasteiger partial charge in [-0.3, -0.25) is 4.79 Å². The first kappa shape index (κ1) is 12.7. The predicted molar refractivity (Wildman–Crippen MR) is 71.6 cm³/mol. The number of halogens is 1. The van der Waals surface area contributed by atoms with Gasteiger partial charge in [-0.25, -0.2) is 4.39 Å². The summed E-state index contributed by atoms with van der Waals surface area (Å²) in [6.07, 6.45) is -0.432. The highest BCUT2D eigenvalue weighted by Gasteiger charge is 2.28. The fraction of sp³-hybridized carbons (Fsp3) is 0.188. The van der Waals surface area contributed by atoms with E-state index in [-0.39, 0.29) is 18.0 Å². The Morgan fingerprint density at radius 1 is 1.25 bits per heavy atom. The average molecular weight is 272 g/mol. The van der Waals surface area contributed by atoms with Gasteiger partial charge in [-0.05, 0) is 36.8 Å². The standard InChI is InChI=1S/C16H13FO3/c1-9-2-3-15-13(4-9)14(19)8-16(20-15)10-5-11(17)7-12(18)6-10/h2-7,16,18H,8H2,1H3. The molecule has 0 fully saturated rings. The van der Waals surface area contributed by atoms with Gasteiger partial charge >= 0.3 is 0 Å². The van der Waals surface area contributed by atoms with Crippen molar-refractivity contribution < 1.29 is 19.0 Å². The molecular formula is C16H13FO3. The average Bonchev–Trinajstić information content (AvgIpc) is 2.38. The van der Waals surface area contributed by atoms with Crippen LogP contribution in [0.15, 0.2) is 36.4 Å². The zero-order chi connectivity index (χ0) is 14.3. The van der Waals surface area contributed by atoms with Crippen molar-refractivity contribution >= 4 is 5.78 Å². The van der Waals surface area contributed by atoms with Crippen LogP contribution in [0.3, 0.4) is 0 Å². The molecule has 1 unspecified atom stereocenters. The molecule has 0 amide bonds. The molecule has 1 aliphatic rings. The number of hydrogen-bond acceptors (Lipinski definition) is 3. The number of benzene rings is 2. The number of hydrogen-bond donors (Lipinski definition) is 1. The first-order chi connectivity index (χ1) is 9.52. The Bertz CT molecular complexity index is 674. The summed E-state index contributed by atoms with van der Waals surface area (Å²) in [6.45, 7) is 1.91. The van der Waals surface area contributed by atoms with Crippen molar-refractivity contribution in [2.45, 2.75) is 19.4 Å². The number of phenols is 1. The largest absolute Gasteiger partial charge is 0.508 e. The van der Waals surface area contributed by atoms with Gasteiger partial charge in [-0.1, -0.05) is 11.6 Å². The zero-order valence-corrected chi connectivity index (χ0v) is 10.9. The predicted octanol–water partition coefficient (Wildman–Crippen LogP) is 3.55. The van der Waals surface area contributed by atoms with Gasteiger partial charge < -0.3 is 9.84 Å². The van der Waals surface area contributed by atoms with Gasteiger partial charge in [0.05, 0.1) is 12.0 Å². The van der Waals surface area contributed by atoms with Crippen molar-refractivity contribution in [1.29, 1.82) is 0 Å². The van der Waals surface area contributed by atoms with Gasteiger partial charge in [0.15, 0.2) is 5.78 Å². The van der Waals surface area contributed by atoms with Gasteiger partial charge in [0, 0.05) is 6.07 Å². The van der Waals surface area contributed by atoms with Crippen molar-refractivity contribution in [3.05, 3.63) is 58.9 Å². The molecule has 1 aliphatic heterocycles. The van der Waals surface area contributed by atoms with Crippen molar-refractivity contribution in [2.75, 3.05) is 0 Å². The number of phenolic OH excluding ortho intramolecular Hbond substituents is 1. The summed E-state index contributed by atoms with van der Waals surface area (Å²) in [4.78, 5) is 12.2. The molecule has 2 aromatic rings. The van der Waals surface area contributed by atoms with E-state index in [0.717, 1.165) is 11.6 Å². The maximum Gasteiger partial charge on any atom is 0.170 e. The van der Waals surface area contributed by atoms with Gasteiger partial charge in [0.25, 0.3) is 0 Å². The Kier molecular flexibility index (Phi) is 2.93. The summed E-state index contributed by atoms with van der Waals surface area (Å²) in [6, 6.07) is 9.10. The smallest absolute Gasteiger partial charge is 0.170 e. The fourth-order valence-corrected chi connectivity index (χ4v) is 2.41. The van der Waals surface area contributed by atoms with Gasteiger partial charge in [0.1, 0.15) is 23.4 Å².